The summed E-state index contributed by atoms with van der Waals surface area (Å²) in [5.41, 5.74) is 0. The second kappa shape index (κ2) is 16.5. The zero-order chi connectivity index (χ0) is 31.4. The second-order valence-corrected chi connectivity index (χ2v) is 19.5. The maximum atomic E-state index is 3.31. The monoisotopic (exact) mass is 647 g/mol. The molecule has 0 bridgehead atoms. The summed E-state index contributed by atoms with van der Waals surface area (Å²) in [6, 6.07) is 5.64. The third-order valence-corrected chi connectivity index (χ3v) is 17.0. The van der Waals surface area contributed by atoms with Gasteiger partial charge in [0.2, 0.25) is 0 Å². The molecule has 6 atom stereocenters. The summed E-state index contributed by atoms with van der Waals surface area (Å²) in [6.07, 6.45) is 50.9. The molecular formula is C45H78N2. The van der Waals surface area contributed by atoms with Crippen LogP contribution in [-0.4, -0.2) is 46.1 Å². The zero-order valence-electron chi connectivity index (χ0n) is 31.2. The number of hydrogen-bond acceptors (Lipinski definition) is 2. The highest BCUT2D eigenvalue weighted by molar-refractivity contribution is 4.99. The molecule has 8 rings (SSSR count). The molecule has 0 aromatic carbocycles. The van der Waals surface area contributed by atoms with Crippen LogP contribution >= 0.6 is 0 Å². The highest BCUT2D eigenvalue weighted by Gasteiger charge is 2.45. The van der Waals surface area contributed by atoms with E-state index >= 15 is 0 Å². The van der Waals surface area contributed by atoms with Crippen molar-refractivity contribution in [1.29, 1.82) is 0 Å². The Bertz CT molecular complexity index is 840. The Hall–Kier alpha value is -0.0800. The van der Waals surface area contributed by atoms with Crippen molar-refractivity contribution in [2.75, 3.05) is 0 Å². The highest BCUT2D eigenvalue weighted by atomic mass is 15.2. The Morgan fingerprint density at radius 3 is 1.04 bits per heavy atom. The van der Waals surface area contributed by atoms with E-state index in [1.807, 2.05) is 0 Å². The van der Waals surface area contributed by atoms with E-state index in [2.05, 4.69) is 9.80 Å². The SMILES string of the molecule is C1CCC(N(C2CCC(CC3CCC(N(C4CCCCC4)C4CCCC5CCCCC54)CC3)CC2)C2CCCC3CCCCC32)CC1. The summed E-state index contributed by atoms with van der Waals surface area (Å²) in [4.78, 5) is 6.62. The van der Waals surface area contributed by atoms with Crippen LogP contribution < -0.4 is 0 Å². The van der Waals surface area contributed by atoms with Crippen LogP contribution in [0, 0.1) is 35.5 Å². The van der Waals surface area contributed by atoms with E-state index in [0.717, 1.165) is 71.8 Å². The number of nitrogens with zero attached hydrogens (tertiary/aromatic N) is 2. The fourth-order valence-corrected chi connectivity index (χ4v) is 14.8. The van der Waals surface area contributed by atoms with Crippen LogP contribution in [0.25, 0.3) is 0 Å². The predicted octanol–water partition coefficient (Wildman–Crippen LogP) is 12.5. The van der Waals surface area contributed by atoms with Gasteiger partial charge in [0, 0.05) is 36.3 Å². The van der Waals surface area contributed by atoms with E-state index in [0.29, 0.717) is 0 Å². The van der Waals surface area contributed by atoms with Gasteiger partial charge in [0.25, 0.3) is 0 Å². The van der Waals surface area contributed by atoms with Gasteiger partial charge in [0.1, 0.15) is 0 Å². The minimum absolute atomic E-state index is 0.930. The van der Waals surface area contributed by atoms with Gasteiger partial charge in [-0.2, -0.15) is 0 Å². The fraction of sp³-hybridized carbons (Fsp3) is 1.00. The smallest absolute Gasteiger partial charge is 0.0132 e. The first-order valence-corrected chi connectivity index (χ1v) is 22.9. The molecule has 6 unspecified atom stereocenters. The maximum Gasteiger partial charge on any atom is 0.0132 e. The van der Waals surface area contributed by atoms with Crippen molar-refractivity contribution in [2.45, 2.75) is 248 Å². The molecule has 0 saturated heterocycles. The standard InChI is InChI=1S/C45H78N2/c1-3-17-38(18-4-1)46(44-23-11-15-36-13-7-9-21-42(36)44)40-29-25-34(26-30-40)33-35-27-31-41(32-28-35)47(39-19-5-2-6-20-39)45-24-12-16-37-14-8-10-22-43(37)45/h34-45H,1-33H2. The van der Waals surface area contributed by atoms with Gasteiger partial charge in [-0.15, -0.1) is 0 Å². The normalized spacial score (nSPS) is 43.0. The number of rotatable bonds is 8. The van der Waals surface area contributed by atoms with Gasteiger partial charge in [-0.25, -0.2) is 0 Å². The van der Waals surface area contributed by atoms with Crippen molar-refractivity contribution >= 4 is 0 Å². The lowest BCUT2D eigenvalue weighted by Gasteiger charge is -2.54. The van der Waals surface area contributed by atoms with Gasteiger partial charge < -0.3 is 0 Å². The molecule has 8 aliphatic carbocycles. The van der Waals surface area contributed by atoms with Crippen molar-refractivity contribution < 1.29 is 0 Å². The lowest BCUT2D eigenvalue weighted by atomic mass is 9.66. The van der Waals surface area contributed by atoms with Gasteiger partial charge in [0.15, 0.2) is 0 Å². The Morgan fingerprint density at radius 2 is 0.617 bits per heavy atom. The molecular weight excluding hydrogens is 569 g/mol. The minimum Gasteiger partial charge on any atom is -0.294 e. The molecule has 47 heavy (non-hydrogen) atoms. The van der Waals surface area contributed by atoms with E-state index in [1.54, 1.807) is 109 Å². The van der Waals surface area contributed by atoms with E-state index in [-0.39, 0.29) is 0 Å². The molecule has 0 aromatic heterocycles. The minimum atomic E-state index is 0.930. The largest absolute Gasteiger partial charge is 0.294 e. The van der Waals surface area contributed by atoms with Gasteiger partial charge in [0.05, 0.1) is 0 Å². The second-order valence-electron chi connectivity index (χ2n) is 19.5. The molecule has 8 fully saturated rings. The van der Waals surface area contributed by atoms with Crippen LogP contribution in [0.5, 0.6) is 0 Å². The molecule has 0 heterocycles. The first-order valence-electron chi connectivity index (χ1n) is 22.9. The molecule has 0 N–H and O–H groups in total. The van der Waals surface area contributed by atoms with Crippen molar-refractivity contribution in [2.24, 2.45) is 35.5 Å². The third-order valence-electron chi connectivity index (χ3n) is 17.0. The van der Waals surface area contributed by atoms with Gasteiger partial charge in [-0.3, -0.25) is 9.80 Å². The molecule has 0 amide bonds. The molecule has 2 nitrogen and oxygen atoms in total. The fourth-order valence-electron chi connectivity index (χ4n) is 14.8. The van der Waals surface area contributed by atoms with E-state index in [1.165, 1.54) is 103 Å². The van der Waals surface area contributed by atoms with Crippen LogP contribution in [0.2, 0.25) is 0 Å². The zero-order valence-corrected chi connectivity index (χ0v) is 31.2. The topological polar surface area (TPSA) is 6.48 Å². The quantitative estimate of drug-likeness (QED) is 0.259. The third kappa shape index (κ3) is 7.90. The Kier molecular flexibility index (Phi) is 12.0. The summed E-state index contributed by atoms with van der Waals surface area (Å²) in [5.74, 6) is 6.36. The summed E-state index contributed by atoms with van der Waals surface area (Å²) >= 11 is 0. The van der Waals surface area contributed by atoms with E-state index in [9.17, 15) is 0 Å². The molecule has 268 valence electrons. The molecule has 8 saturated carbocycles. The van der Waals surface area contributed by atoms with Gasteiger partial charge in [-0.1, -0.05) is 103 Å². The maximum absolute atomic E-state index is 3.31. The average Bonchev–Trinajstić information content (AvgIpc) is 3.14. The average molecular weight is 647 g/mol. The summed E-state index contributed by atoms with van der Waals surface area (Å²) in [6.45, 7) is 0. The lowest BCUT2D eigenvalue weighted by Crippen LogP contribution is -2.56. The predicted molar refractivity (Wildman–Crippen MR) is 200 cm³/mol. The molecule has 0 spiro atoms. The molecule has 0 radical (unpaired) electrons. The first kappa shape index (κ1) is 34.0. The van der Waals surface area contributed by atoms with E-state index < -0.39 is 0 Å². The number of fused-ring (bicyclic) bond motifs is 2. The van der Waals surface area contributed by atoms with Gasteiger partial charge in [-0.05, 0) is 145 Å². The number of hydrogen-bond donors (Lipinski definition) is 0. The summed E-state index contributed by atoms with van der Waals surface area (Å²) in [5, 5.41) is 0. The van der Waals surface area contributed by atoms with Crippen LogP contribution in [0.1, 0.15) is 212 Å². The van der Waals surface area contributed by atoms with Crippen LogP contribution in [0.3, 0.4) is 0 Å². The van der Waals surface area contributed by atoms with Crippen molar-refractivity contribution in [1.82, 2.24) is 9.80 Å². The summed E-state index contributed by atoms with van der Waals surface area (Å²) in [7, 11) is 0. The Balaban J connectivity index is 0.867. The molecule has 0 aliphatic heterocycles. The Morgan fingerprint density at radius 1 is 0.277 bits per heavy atom. The van der Waals surface area contributed by atoms with Gasteiger partial charge >= 0.3 is 0 Å². The Labute approximate surface area is 292 Å². The highest BCUT2D eigenvalue weighted by Crippen LogP contribution is 2.49. The first-order chi connectivity index (χ1) is 23.3. The summed E-state index contributed by atoms with van der Waals surface area (Å²) < 4.78 is 0. The molecule has 0 aromatic rings. The van der Waals surface area contributed by atoms with E-state index in [4.69, 9.17) is 0 Å². The molecule has 2 heteroatoms. The van der Waals surface area contributed by atoms with Crippen LogP contribution in [-0.2, 0) is 0 Å². The lowest BCUT2D eigenvalue weighted by molar-refractivity contribution is -0.0404. The van der Waals surface area contributed by atoms with Crippen LogP contribution in [0.4, 0.5) is 0 Å². The van der Waals surface area contributed by atoms with Crippen molar-refractivity contribution in [3.63, 3.8) is 0 Å². The van der Waals surface area contributed by atoms with Crippen molar-refractivity contribution in [3.05, 3.63) is 0 Å². The van der Waals surface area contributed by atoms with Crippen molar-refractivity contribution in [3.8, 4) is 0 Å². The van der Waals surface area contributed by atoms with Crippen LogP contribution in [0.15, 0.2) is 0 Å². The molecule has 8 aliphatic rings.